The van der Waals surface area contributed by atoms with Crippen LogP contribution in [0.2, 0.25) is 0 Å². The zero-order chi connectivity index (χ0) is 9.30. The first kappa shape index (κ1) is 9.31. The summed E-state index contributed by atoms with van der Waals surface area (Å²) >= 11 is 2.08. The number of aryl methyl sites for hydroxylation is 1. The number of hydrogen-bond acceptors (Lipinski definition) is 2. The lowest BCUT2D eigenvalue weighted by Gasteiger charge is -2.05. The zero-order valence-electron chi connectivity index (χ0n) is 6.60. The number of hydrogen-bond donors (Lipinski definition) is 2. The fourth-order valence-corrected chi connectivity index (χ4v) is 1.74. The van der Waals surface area contributed by atoms with E-state index in [1.54, 1.807) is 6.07 Å². The van der Waals surface area contributed by atoms with Crippen LogP contribution in [0.25, 0.3) is 0 Å². The highest BCUT2D eigenvalue weighted by Crippen LogP contribution is 2.21. The van der Waals surface area contributed by atoms with E-state index in [1.807, 2.05) is 13.0 Å². The Morgan fingerprint density at radius 1 is 1.50 bits per heavy atom. The van der Waals surface area contributed by atoms with Crippen molar-refractivity contribution in [3.63, 3.8) is 0 Å². The van der Waals surface area contributed by atoms with Crippen molar-refractivity contribution in [2.24, 2.45) is 5.73 Å². The normalized spacial score (nSPS) is 9.83. The number of primary amides is 1. The predicted molar refractivity (Wildman–Crippen MR) is 56.8 cm³/mol. The number of nitrogen functional groups attached to an aromatic ring is 1. The Balaban J connectivity index is 3.37. The highest BCUT2D eigenvalue weighted by atomic mass is 127. The van der Waals surface area contributed by atoms with Gasteiger partial charge < -0.3 is 11.5 Å². The molecule has 64 valence electrons. The molecular formula is C8H9IN2O. The Hall–Kier alpha value is -0.780. The molecule has 1 aromatic rings. The third-order valence-electron chi connectivity index (χ3n) is 1.54. The predicted octanol–water partition coefficient (Wildman–Crippen LogP) is 1.28. The molecule has 0 bridgehead atoms. The summed E-state index contributed by atoms with van der Waals surface area (Å²) in [5.74, 6) is -0.478. The molecule has 4 heteroatoms. The number of anilines is 1. The van der Waals surface area contributed by atoms with Crippen LogP contribution in [0.3, 0.4) is 0 Å². The van der Waals surface area contributed by atoms with E-state index in [0.717, 1.165) is 9.13 Å². The molecule has 0 unspecified atom stereocenters. The summed E-state index contributed by atoms with van der Waals surface area (Å²) in [6.45, 7) is 1.90. The fourth-order valence-electron chi connectivity index (χ4n) is 0.957. The van der Waals surface area contributed by atoms with Crippen molar-refractivity contribution in [2.75, 3.05) is 5.73 Å². The summed E-state index contributed by atoms with van der Waals surface area (Å²) in [4.78, 5) is 10.9. The lowest BCUT2D eigenvalue weighted by molar-refractivity contribution is 0.100. The maximum absolute atomic E-state index is 10.9. The summed E-state index contributed by atoms with van der Waals surface area (Å²) in [5, 5.41) is 0. The van der Waals surface area contributed by atoms with Crippen molar-refractivity contribution < 1.29 is 4.79 Å². The van der Waals surface area contributed by atoms with Gasteiger partial charge in [0.2, 0.25) is 0 Å². The average Bonchev–Trinajstić information content (AvgIpc) is 1.96. The van der Waals surface area contributed by atoms with Crippen LogP contribution in [0, 0.1) is 10.5 Å². The van der Waals surface area contributed by atoms with Crippen molar-refractivity contribution in [1.29, 1.82) is 0 Å². The van der Waals surface area contributed by atoms with Gasteiger partial charge in [0.05, 0.1) is 11.3 Å². The second kappa shape index (κ2) is 3.30. The standard InChI is InChI=1S/C8H9IN2O/c1-4-2-5(8(11)12)7(10)6(9)3-4/h2-3H,10H2,1H3,(H2,11,12). The van der Waals surface area contributed by atoms with Gasteiger partial charge in [-0.2, -0.15) is 0 Å². The van der Waals surface area contributed by atoms with Gasteiger partial charge in [-0.3, -0.25) is 4.79 Å². The van der Waals surface area contributed by atoms with Gasteiger partial charge in [-0.25, -0.2) is 0 Å². The summed E-state index contributed by atoms with van der Waals surface area (Å²) < 4.78 is 0.862. The van der Waals surface area contributed by atoms with E-state index in [-0.39, 0.29) is 0 Å². The Morgan fingerprint density at radius 2 is 2.08 bits per heavy atom. The summed E-state index contributed by atoms with van der Waals surface area (Å²) in [6, 6.07) is 3.60. The van der Waals surface area contributed by atoms with E-state index in [2.05, 4.69) is 22.6 Å². The van der Waals surface area contributed by atoms with Crippen LogP contribution in [-0.2, 0) is 0 Å². The molecule has 0 fully saturated rings. The quantitative estimate of drug-likeness (QED) is 0.599. The topological polar surface area (TPSA) is 69.1 Å². The minimum atomic E-state index is -0.478. The first-order chi connectivity index (χ1) is 5.52. The fraction of sp³-hybridized carbons (Fsp3) is 0.125. The lowest BCUT2D eigenvalue weighted by atomic mass is 10.1. The molecule has 12 heavy (non-hydrogen) atoms. The number of amides is 1. The van der Waals surface area contributed by atoms with Gasteiger partial charge in [0.1, 0.15) is 0 Å². The Morgan fingerprint density at radius 3 is 2.58 bits per heavy atom. The molecule has 0 saturated heterocycles. The highest BCUT2D eigenvalue weighted by molar-refractivity contribution is 14.1. The van der Waals surface area contributed by atoms with Gasteiger partial charge >= 0.3 is 0 Å². The lowest BCUT2D eigenvalue weighted by Crippen LogP contribution is -2.14. The van der Waals surface area contributed by atoms with Crippen LogP contribution in [0.15, 0.2) is 12.1 Å². The Bertz CT molecular complexity index is 336. The van der Waals surface area contributed by atoms with Crippen LogP contribution in [0.5, 0.6) is 0 Å². The second-order valence-electron chi connectivity index (χ2n) is 2.57. The van der Waals surface area contributed by atoms with Crippen molar-refractivity contribution in [2.45, 2.75) is 6.92 Å². The number of benzene rings is 1. The Kier molecular flexibility index (Phi) is 2.56. The molecule has 0 aromatic heterocycles. The average molecular weight is 276 g/mol. The van der Waals surface area contributed by atoms with E-state index in [1.165, 1.54) is 0 Å². The van der Waals surface area contributed by atoms with Crippen molar-refractivity contribution in [3.05, 3.63) is 26.8 Å². The maximum atomic E-state index is 10.9. The monoisotopic (exact) mass is 276 g/mol. The largest absolute Gasteiger partial charge is 0.397 e. The first-order valence-electron chi connectivity index (χ1n) is 3.38. The van der Waals surface area contributed by atoms with Gasteiger partial charge in [-0.05, 0) is 47.2 Å². The van der Waals surface area contributed by atoms with Crippen LogP contribution < -0.4 is 11.5 Å². The highest BCUT2D eigenvalue weighted by Gasteiger charge is 2.08. The number of nitrogens with two attached hydrogens (primary N) is 2. The summed E-state index contributed by atoms with van der Waals surface area (Å²) in [6.07, 6.45) is 0. The molecule has 0 saturated carbocycles. The van der Waals surface area contributed by atoms with Crippen molar-refractivity contribution >= 4 is 34.2 Å². The number of carbonyl (C=O) groups excluding carboxylic acids is 1. The van der Waals surface area contributed by atoms with E-state index in [4.69, 9.17) is 11.5 Å². The molecule has 3 nitrogen and oxygen atoms in total. The van der Waals surface area contributed by atoms with Gasteiger partial charge in [0.15, 0.2) is 0 Å². The van der Waals surface area contributed by atoms with Crippen LogP contribution in [0.4, 0.5) is 5.69 Å². The molecule has 1 rings (SSSR count). The third-order valence-corrected chi connectivity index (χ3v) is 2.43. The van der Waals surface area contributed by atoms with Gasteiger partial charge in [-0.1, -0.05) is 0 Å². The van der Waals surface area contributed by atoms with Crippen LogP contribution in [0.1, 0.15) is 15.9 Å². The molecule has 0 spiro atoms. The molecule has 0 aliphatic heterocycles. The molecule has 0 aliphatic rings. The van der Waals surface area contributed by atoms with Crippen molar-refractivity contribution in [1.82, 2.24) is 0 Å². The molecule has 1 amide bonds. The smallest absolute Gasteiger partial charge is 0.250 e. The SMILES string of the molecule is Cc1cc(I)c(N)c(C(N)=O)c1. The molecule has 0 atom stereocenters. The minimum absolute atomic E-state index is 0.402. The molecule has 1 aromatic carbocycles. The summed E-state index contributed by atoms with van der Waals surface area (Å²) in [7, 11) is 0. The number of halogens is 1. The first-order valence-corrected chi connectivity index (χ1v) is 4.45. The van der Waals surface area contributed by atoms with Crippen LogP contribution >= 0.6 is 22.6 Å². The molecule has 4 N–H and O–H groups in total. The van der Waals surface area contributed by atoms with E-state index in [9.17, 15) is 4.79 Å². The van der Waals surface area contributed by atoms with Crippen LogP contribution in [-0.4, -0.2) is 5.91 Å². The summed E-state index contributed by atoms with van der Waals surface area (Å²) in [5.41, 5.74) is 12.6. The van der Waals surface area contributed by atoms with Gasteiger partial charge in [0, 0.05) is 3.57 Å². The maximum Gasteiger partial charge on any atom is 0.250 e. The molecule has 0 heterocycles. The van der Waals surface area contributed by atoms with Crippen molar-refractivity contribution in [3.8, 4) is 0 Å². The number of carbonyl (C=O) groups is 1. The molecule has 0 aliphatic carbocycles. The third kappa shape index (κ3) is 1.69. The minimum Gasteiger partial charge on any atom is -0.397 e. The molecule has 0 radical (unpaired) electrons. The van der Waals surface area contributed by atoms with Gasteiger partial charge in [-0.15, -0.1) is 0 Å². The molecular weight excluding hydrogens is 267 g/mol. The number of rotatable bonds is 1. The van der Waals surface area contributed by atoms with E-state index < -0.39 is 5.91 Å². The van der Waals surface area contributed by atoms with E-state index >= 15 is 0 Å². The second-order valence-corrected chi connectivity index (χ2v) is 3.73. The Labute approximate surface area is 84.3 Å². The van der Waals surface area contributed by atoms with Gasteiger partial charge in [0.25, 0.3) is 5.91 Å². The van der Waals surface area contributed by atoms with E-state index in [0.29, 0.717) is 11.3 Å². The zero-order valence-corrected chi connectivity index (χ0v) is 8.75.